The fraction of sp³-hybridized carbons (Fsp3) is 0.200. The molecule has 0 unspecified atom stereocenters. The summed E-state index contributed by atoms with van der Waals surface area (Å²) in [6, 6.07) is 0. The SMILES string of the molecule is Cc1nc(O)c(N)c(=O)[nH]1.Cl. The standard InChI is InChI=1S/C5H7N3O2.ClH/c1-2-7-4(9)3(6)5(10)8-2;/h6H2,1H3,(H2,7,8,9,10);1H. The molecule has 1 rings (SSSR count). The number of aromatic nitrogens is 2. The first-order valence-corrected chi connectivity index (χ1v) is 2.66. The lowest BCUT2D eigenvalue weighted by atomic mass is 10.5. The van der Waals surface area contributed by atoms with E-state index in [1.165, 1.54) is 0 Å². The Bertz CT molecular complexity index is 309. The zero-order valence-corrected chi connectivity index (χ0v) is 6.60. The van der Waals surface area contributed by atoms with E-state index in [4.69, 9.17) is 10.8 Å². The summed E-state index contributed by atoms with van der Waals surface area (Å²) in [5.41, 5.74) is 4.34. The number of nitrogen functional groups attached to an aromatic ring is 1. The number of rotatable bonds is 0. The molecule has 0 fully saturated rings. The van der Waals surface area contributed by atoms with Crippen molar-refractivity contribution in [2.24, 2.45) is 0 Å². The van der Waals surface area contributed by atoms with Crippen LogP contribution in [0.4, 0.5) is 5.69 Å². The summed E-state index contributed by atoms with van der Waals surface area (Å²) < 4.78 is 0. The Labute approximate surface area is 68.7 Å². The lowest BCUT2D eigenvalue weighted by molar-refractivity contribution is 0.452. The quantitative estimate of drug-likeness (QED) is 0.511. The van der Waals surface area contributed by atoms with Gasteiger partial charge >= 0.3 is 0 Å². The Kier molecular flexibility index (Phi) is 2.88. The number of nitrogens with zero attached hydrogens (tertiary/aromatic N) is 1. The lowest BCUT2D eigenvalue weighted by Gasteiger charge is -1.95. The van der Waals surface area contributed by atoms with E-state index in [2.05, 4.69) is 9.97 Å². The van der Waals surface area contributed by atoms with Gasteiger partial charge in [-0.2, -0.15) is 4.98 Å². The van der Waals surface area contributed by atoms with Crippen LogP contribution in [0.25, 0.3) is 0 Å². The second-order valence-corrected chi connectivity index (χ2v) is 1.89. The first-order chi connectivity index (χ1) is 4.61. The normalized spacial score (nSPS) is 8.82. The zero-order chi connectivity index (χ0) is 7.72. The molecule has 11 heavy (non-hydrogen) atoms. The first-order valence-electron chi connectivity index (χ1n) is 2.66. The van der Waals surface area contributed by atoms with Gasteiger partial charge in [0.05, 0.1) is 0 Å². The molecule has 0 atom stereocenters. The number of nitrogens with one attached hydrogen (secondary N) is 1. The number of aromatic hydroxyl groups is 1. The molecule has 4 N–H and O–H groups in total. The number of hydrogen-bond donors (Lipinski definition) is 3. The van der Waals surface area contributed by atoms with Crippen molar-refractivity contribution in [3.8, 4) is 5.88 Å². The molecule has 5 nitrogen and oxygen atoms in total. The zero-order valence-electron chi connectivity index (χ0n) is 5.79. The van der Waals surface area contributed by atoms with Crippen molar-refractivity contribution in [2.45, 2.75) is 6.92 Å². The van der Waals surface area contributed by atoms with E-state index in [-0.39, 0.29) is 18.1 Å². The Balaban J connectivity index is 0.000001000. The van der Waals surface area contributed by atoms with E-state index in [0.717, 1.165) is 0 Å². The molecule has 0 aromatic carbocycles. The predicted octanol–water partition coefficient (Wildman–Crippen LogP) is -0.212. The first kappa shape index (κ1) is 9.77. The van der Waals surface area contributed by atoms with Gasteiger partial charge in [-0.3, -0.25) is 4.79 Å². The maximum absolute atomic E-state index is 10.7. The minimum Gasteiger partial charge on any atom is -0.492 e. The van der Waals surface area contributed by atoms with Crippen molar-refractivity contribution < 1.29 is 5.11 Å². The Hall–Kier alpha value is -1.23. The van der Waals surface area contributed by atoms with Crippen LogP contribution >= 0.6 is 12.4 Å². The second kappa shape index (κ2) is 3.25. The smallest absolute Gasteiger partial charge is 0.278 e. The summed E-state index contributed by atoms with van der Waals surface area (Å²) >= 11 is 0. The predicted molar refractivity (Wildman–Crippen MR) is 42.9 cm³/mol. The number of nitrogens with two attached hydrogens (primary N) is 1. The lowest BCUT2D eigenvalue weighted by Crippen LogP contribution is -2.13. The summed E-state index contributed by atoms with van der Waals surface area (Å²) in [5.74, 6) is -0.0713. The highest BCUT2D eigenvalue weighted by molar-refractivity contribution is 5.85. The fourth-order valence-corrected chi connectivity index (χ4v) is 0.580. The van der Waals surface area contributed by atoms with Crippen LogP contribution < -0.4 is 11.3 Å². The van der Waals surface area contributed by atoms with Crippen LogP contribution in [-0.4, -0.2) is 15.1 Å². The van der Waals surface area contributed by atoms with Gasteiger partial charge in [0.2, 0.25) is 5.88 Å². The molecule has 0 saturated heterocycles. The van der Waals surface area contributed by atoms with Crippen molar-refractivity contribution in [1.82, 2.24) is 9.97 Å². The summed E-state index contributed by atoms with van der Waals surface area (Å²) in [7, 11) is 0. The molecule has 0 bridgehead atoms. The van der Waals surface area contributed by atoms with Crippen molar-refractivity contribution in [3.05, 3.63) is 16.2 Å². The molecular formula is C5H8ClN3O2. The summed E-state index contributed by atoms with van der Waals surface area (Å²) in [5, 5.41) is 8.82. The third kappa shape index (κ3) is 1.84. The number of H-pyrrole nitrogens is 1. The van der Waals surface area contributed by atoms with Crippen LogP contribution in [0.2, 0.25) is 0 Å². The average Bonchev–Trinajstić information content (AvgIpc) is 1.82. The molecule has 0 saturated carbocycles. The van der Waals surface area contributed by atoms with E-state index >= 15 is 0 Å². The maximum atomic E-state index is 10.7. The monoisotopic (exact) mass is 177 g/mol. The van der Waals surface area contributed by atoms with Gasteiger partial charge < -0.3 is 15.8 Å². The Morgan fingerprint density at radius 2 is 2.18 bits per heavy atom. The number of anilines is 1. The van der Waals surface area contributed by atoms with Gasteiger partial charge in [0.1, 0.15) is 5.82 Å². The van der Waals surface area contributed by atoms with Crippen LogP contribution in [0.15, 0.2) is 4.79 Å². The second-order valence-electron chi connectivity index (χ2n) is 1.89. The molecule has 0 aliphatic carbocycles. The van der Waals surface area contributed by atoms with E-state index in [1.54, 1.807) is 6.92 Å². The average molecular weight is 178 g/mol. The molecule has 6 heteroatoms. The largest absolute Gasteiger partial charge is 0.492 e. The molecule has 62 valence electrons. The molecule has 0 radical (unpaired) electrons. The minimum absolute atomic E-state index is 0. The summed E-state index contributed by atoms with van der Waals surface area (Å²) in [4.78, 5) is 16.5. The minimum atomic E-state index is -0.509. The van der Waals surface area contributed by atoms with E-state index in [0.29, 0.717) is 5.82 Å². The Morgan fingerprint density at radius 1 is 1.64 bits per heavy atom. The van der Waals surface area contributed by atoms with Gasteiger partial charge in [0.15, 0.2) is 5.69 Å². The summed E-state index contributed by atoms with van der Waals surface area (Å²) in [6.07, 6.45) is 0. The molecule has 0 amide bonds. The van der Waals surface area contributed by atoms with Crippen molar-refractivity contribution in [2.75, 3.05) is 5.73 Å². The van der Waals surface area contributed by atoms with E-state index in [9.17, 15) is 4.79 Å². The molecule has 0 spiro atoms. The molecule has 0 aliphatic heterocycles. The number of halogens is 1. The highest BCUT2D eigenvalue weighted by Crippen LogP contribution is 2.07. The number of hydrogen-bond acceptors (Lipinski definition) is 4. The van der Waals surface area contributed by atoms with Crippen LogP contribution in [0.5, 0.6) is 5.88 Å². The van der Waals surface area contributed by atoms with Crippen LogP contribution in [0.3, 0.4) is 0 Å². The third-order valence-electron chi connectivity index (χ3n) is 1.05. The van der Waals surface area contributed by atoms with Crippen molar-refractivity contribution >= 4 is 18.1 Å². The van der Waals surface area contributed by atoms with Crippen LogP contribution in [-0.2, 0) is 0 Å². The molecule has 1 heterocycles. The highest BCUT2D eigenvalue weighted by atomic mass is 35.5. The molecule has 0 aliphatic rings. The Morgan fingerprint density at radius 3 is 2.64 bits per heavy atom. The van der Waals surface area contributed by atoms with Gasteiger partial charge in [-0.05, 0) is 6.92 Å². The third-order valence-corrected chi connectivity index (χ3v) is 1.05. The highest BCUT2D eigenvalue weighted by Gasteiger charge is 2.02. The van der Waals surface area contributed by atoms with E-state index in [1.807, 2.05) is 0 Å². The van der Waals surface area contributed by atoms with Crippen LogP contribution in [0, 0.1) is 6.92 Å². The van der Waals surface area contributed by atoms with Gasteiger partial charge in [-0.15, -0.1) is 12.4 Å². The van der Waals surface area contributed by atoms with Crippen molar-refractivity contribution in [1.29, 1.82) is 0 Å². The number of aromatic amines is 1. The van der Waals surface area contributed by atoms with Gasteiger partial charge in [0, 0.05) is 0 Å². The summed E-state index contributed by atoms with van der Waals surface area (Å²) in [6.45, 7) is 1.56. The maximum Gasteiger partial charge on any atom is 0.278 e. The van der Waals surface area contributed by atoms with Crippen molar-refractivity contribution in [3.63, 3.8) is 0 Å². The van der Waals surface area contributed by atoms with Gasteiger partial charge in [-0.25, -0.2) is 0 Å². The van der Waals surface area contributed by atoms with Crippen LogP contribution in [0.1, 0.15) is 5.82 Å². The number of aryl methyl sites for hydroxylation is 1. The molecular weight excluding hydrogens is 170 g/mol. The van der Waals surface area contributed by atoms with Gasteiger partial charge in [0.25, 0.3) is 5.56 Å². The topological polar surface area (TPSA) is 92.0 Å². The van der Waals surface area contributed by atoms with Gasteiger partial charge in [-0.1, -0.05) is 0 Å². The van der Waals surface area contributed by atoms with E-state index < -0.39 is 11.4 Å². The molecule has 1 aromatic heterocycles. The molecule has 1 aromatic rings. The fourth-order valence-electron chi connectivity index (χ4n) is 0.580.